The first-order chi connectivity index (χ1) is 9.88. The molecule has 1 unspecified atom stereocenters. The number of amides is 1. The van der Waals surface area contributed by atoms with Gasteiger partial charge >= 0.3 is 7.60 Å². The van der Waals surface area contributed by atoms with Crippen LogP contribution in [0.1, 0.15) is 37.3 Å². The molecule has 2 saturated heterocycles. The fourth-order valence-corrected chi connectivity index (χ4v) is 4.50. The summed E-state index contributed by atoms with van der Waals surface area (Å²) in [6.45, 7) is 0. The second-order valence-corrected chi connectivity index (χ2v) is 7.96. The molecule has 0 aromatic heterocycles. The lowest BCUT2D eigenvalue weighted by Crippen LogP contribution is -2.47. The number of benzene rings is 1. The lowest BCUT2D eigenvalue weighted by molar-refractivity contribution is -0.136. The number of fused-ring (bicyclic) bond motifs is 1. The Balaban J connectivity index is 1.90. The van der Waals surface area contributed by atoms with Crippen molar-refractivity contribution in [2.75, 3.05) is 0 Å². The maximum absolute atomic E-state index is 12.5. The van der Waals surface area contributed by atoms with Gasteiger partial charge in [0.15, 0.2) is 0 Å². The third-order valence-corrected chi connectivity index (χ3v) is 6.02. The van der Waals surface area contributed by atoms with Crippen LogP contribution in [-0.2, 0) is 9.36 Å². The molecule has 3 rings (SSSR count). The quantitative estimate of drug-likeness (QED) is 0.818. The molecule has 114 valence electrons. The molecule has 0 spiro atoms. The van der Waals surface area contributed by atoms with Gasteiger partial charge in [0.05, 0.1) is 6.04 Å². The first-order valence-electron chi connectivity index (χ1n) is 7.01. The Labute approximate surface area is 128 Å². The van der Waals surface area contributed by atoms with Gasteiger partial charge < -0.3 is 14.7 Å². The summed E-state index contributed by atoms with van der Waals surface area (Å²) in [4.78, 5) is 32.9. The smallest absolute Gasteiger partial charge is 0.332 e. The van der Waals surface area contributed by atoms with Gasteiger partial charge in [0.2, 0.25) is 5.91 Å². The van der Waals surface area contributed by atoms with Crippen molar-refractivity contribution in [3.63, 3.8) is 0 Å². The summed E-state index contributed by atoms with van der Waals surface area (Å²) in [5.74, 6) is -0.406. The Morgan fingerprint density at radius 3 is 2.33 bits per heavy atom. The molecule has 1 aromatic carbocycles. The molecule has 7 heteroatoms. The van der Waals surface area contributed by atoms with Crippen molar-refractivity contribution in [2.45, 2.75) is 43.4 Å². The van der Waals surface area contributed by atoms with Crippen molar-refractivity contribution in [1.82, 2.24) is 4.90 Å². The van der Waals surface area contributed by atoms with Crippen LogP contribution in [0.15, 0.2) is 24.3 Å². The third kappa shape index (κ3) is 2.76. The molecule has 2 fully saturated rings. The van der Waals surface area contributed by atoms with E-state index in [0.29, 0.717) is 11.4 Å². The molecule has 0 aliphatic carbocycles. The van der Waals surface area contributed by atoms with Crippen LogP contribution in [0.3, 0.4) is 0 Å². The fraction of sp³-hybridized carbons (Fsp3) is 0.500. The summed E-state index contributed by atoms with van der Waals surface area (Å²) < 4.78 is 11.5. The maximum atomic E-state index is 12.5. The lowest BCUT2D eigenvalue weighted by Gasteiger charge is -2.38. The highest BCUT2D eigenvalue weighted by Gasteiger charge is 2.49. The van der Waals surface area contributed by atoms with Crippen molar-refractivity contribution in [3.8, 4) is 0 Å². The topological polar surface area (TPSA) is 77.8 Å². The Kier molecular flexibility index (Phi) is 3.87. The number of halogens is 1. The number of carbonyl (C=O) groups is 1. The van der Waals surface area contributed by atoms with Gasteiger partial charge in [0, 0.05) is 11.1 Å². The molecule has 1 aromatic rings. The van der Waals surface area contributed by atoms with E-state index in [9.17, 15) is 19.1 Å². The molecule has 2 aliphatic heterocycles. The fourth-order valence-electron chi connectivity index (χ4n) is 3.47. The van der Waals surface area contributed by atoms with Crippen LogP contribution < -0.4 is 0 Å². The van der Waals surface area contributed by atoms with Crippen LogP contribution in [-0.4, -0.2) is 32.3 Å². The van der Waals surface area contributed by atoms with Crippen LogP contribution in [0.4, 0.5) is 0 Å². The normalized spacial score (nSPS) is 29.6. The van der Waals surface area contributed by atoms with Crippen molar-refractivity contribution in [1.29, 1.82) is 0 Å². The zero-order valence-electron chi connectivity index (χ0n) is 11.4. The van der Waals surface area contributed by atoms with E-state index >= 15 is 0 Å². The molecule has 0 bridgehead atoms. The van der Waals surface area contributed by atoms with Gasteiger partial charge in [-0.3, -0.25) is 9.36 Å². The van der Waals surface area contributed by atoms with E-state index < -0.39 is 19.2 Å². The zero-order chi connectivity index (χ0) is 15.2. The van der Waals surface area contributed by atoms with Gasteiger partial charge in [-0.05, 0) is 43.4 Å². The highest BCUT2D eigenvalue weighted by atomic mass is 35.5. The highest BCUT2D eigenvalue weighted by molar-refractivity contribution is 7.53. The first kappa shape index (κ1) is 15.0. The minimum atomic E-state index is -4.38. The molecular weight excluding hydrogens is 313 g/mol. The minimum absolute atomic E-state index is 0.0981. The average Bonchev–Trinajstić information content (AvgIpc) is 2.83. The van der Waals surface area contributed by atoms with E-state index in [4.69, 9.17) is 11.6 Å². The van der Waals surface area contributed by atoms with Crippen LogP contribution in [0.2, 0.25) is 5.02 Å². The molecular formula is C14H17ClNO4P. The van der Waals surface area contributed by atoms with Crippen LogP contribution in [0.5, 0.6) is 0 Å². The monoisotopic (exact) mass is 329 g/mol. The van der Waals surface area contributed by atoms with Crippen LogP contribution in [0.25, 0.3) is 0 Å². The maximum Gasteiger partial charge on any atom is 0.337 e. The van der Waals surface area contributed by atoms with Crippen molar-refractivity contribution < 1.29 is 19.1 Å². The van der Waals surface area contributed by atoms with Gasteiger partial charge in [-0.2, -0.15) is 0 Å². The van der Waals surface area contributed by atoms with Crippen molar-refractivity contribution >= 4 is 25.1 Å². The molecule has 3 atom stereocenters. The number of piperidine rings is 1. The predicted molar refractivity (Wildman–Crippen MR) is 79.1 cm³/mol. The first-order valence-corrected chi connectivity index (χ1v) is 9.07. The molecule has 1 amide bonds. The summed E-state index contributed by atoms with van der Waals surface area (Å²) in [7, 11) is -4.38. The third-order valence-electron chi connectivity index (χ3n) is 4.48. The van der Waals surface area contributed by atoms with E-state index in [-0.39, 0.29) is 18.5 Å². The molecule has 0 saturated carbocycles. The average molecular weight is 330 g/mol. The largest absolute Gasteiger partial charge is 0.337 e. The Morgan fingerprint density at radius 1 is 1.10 bits per heavy atom. The van der Waals surface area contributed by atoms with E-state index in [2.05, 4.69) is 0 Å². The molecule has 5 nitrogen and oxygen atoms in total. The van der Waals surface area contributed by atoms with Gasteiger partial charge in [-0.25, -0.2) is 0 Å². The summed E-state index contributed by atoms with van der Waals surface area (Å²) >= 11 is 5.88. The zero-order valence-corrected chi connectivity index (χ0v) is 13.0. The molecule has 2 heterocycles. The molecule has 21 heavy (non-hydrogen) atoms. The summed E-state index contributed by atoms with van der Waals surface area (Å²) in [5, 5.41) is 0.631. The van der Waals surface area contributed by atoms with Crippen molar-refractivity contribution in [2.24, 2.45) is 0 Å². The summed E-state index contributed by atoms with van der Waals surface area (Å²) in [6.07, 6.45) is 2.64. The summed E-state index contributed by atoms with van der Waals surface area (Å²) in [5.41, 5.74) is -0.205. The number of nitrogens with zero attached hydrogens (tertiary/aromatic N) is 1. The Bertz CT molecular complexity index is 599. The molecule has 2 N–H and O–H groups in total. The van der Waals surface area contributed by atoms with Gasteiger partial charge in [-0.15, -0.1) is 0 Å². The molecule has 2 aliphatic rings. The van der Waals surface area contributed by atoms with Crippen LogP contribution >= 0.6 is 19.2 Å². The minimum Gasteiger partial charge on any atom is -0.332 e. The van der Waals surface area contributed by atoms with E-state index in [1.165, 1.54) is 0 Å². The SMILES string of the molecule is O=C1C(P(=O)(O)O)CC[C@H]2CC[C@@H](c3ccc(Cl)cc3)N12. The Morgan fingerprint density at radius 2 is 1.71 bits per heavy atom. The van der Waals surface area contributed by atoms with Gasteiger partial charge in [0.25, 0.3) is 0 Å². The standard InChI is InChI=1S/C14H17ClNO4P/c15-10-3-1-9(2-4-10)12-7-5-11-6-8-13(21(18,19)20)14(17)16(11)12/h1-4,11-13H,5-8H2,(H2,18,19,20)/t11-,12+,13?/m1/s1. The lowest BCUT2D eigenvalue weighted by atomic mass is 10.0. The van der Waals surface area contributed by atoms with E-state index in [1.54, 1.807) is 17.0 Å². The Hall–Kier alpha value is -0.870. The second-order valence-electron chi connectivity index (χ2n) is 5.73. The summed E-state index contributed by atoms with van der Waals surface area (Å²) in [6, 6.07) is 7.31. The number of hydrogen-bond donors (Lipinski definition) is 2. The predicted octanol–water partition coefficient (Wildman–Crippen LogP) is 2.71. The van der Waals surface area contributed by atoms with Crippen LogP contribution in [0, 0.1) is 0 Å². The van der Waals surface area contributed by atoms with Gasteiger partial charge in [-0.1, -0.05) is 23.7 Å². The van der Waals surface area contributed by atoms with Gasteiger partial charge in [0.1, 0.15) is 5.66 Å². The number of carbonyl (C=O) groups excluding carboxylic acids is 1. The number of rotatable bonds is 2. The number of hydrogen-bond acceptors (Lipinski definition) is 2. The second kappa shape index (κ2) is 5.40. The van der Waals surface area contributed by atoms with Crippen molar-refractivity contribution in [3.05, 3.63) is 34.9 Å². The highest BCUT2D eigenvalue weighted by Crippen LogP contribution is 2.51. The van der Waals surface area contributed by atoms with E-state index in [0.717, 1.165) is 18.4 Å². The molecule has 0 radical (unpaired) electrons. The van der Waals surface area contributed by atoms with E-state index in [1.807, 2.05) is 12.1 Å².